The summed E-state index contributed by atoms with van der Waals surface area (Å²) >= 11 is 0. The number of halogens is 3. The Hall–Kier alpha value is -1.27. The lowest BCUT2D eigenvalue weighted by Crippen LogP contribution is -2.17. The van der Waals surface area contributed by atoms with Crippen LogP contribution < -0.4 is 5.43 Å². The molecule has 58 valence electrons. The zero-order valence-corrected chi connectivity index (χ0v) is 4.51. The minimum atomic E-state index is -4.58. The topological polar surface area (TPSA) is 61.7 Å². The molecule has 7 heteroatoms. The average Bonchev–Trinajstić information content (AvgIpc) is 1.59. The van der Waals surface area contributed by atoms with Crippen LogP contribution >= 0.6 is 0 Å². The van der Waals surface area contributed by atoms with Gasteiger partial charge in [0.1, 0.15) is 6.21 Å². The molecule has 0 heterocycles. The SMILES string of the molecule is O=C(O)NN=CC(F)(F)F. The van der Waals surface area contributed by atoms with Crippen molar-refractivity contribution in [3.8, 4) is 0 Å². The fourth-order valence-electron chi connectivity index (χ4n) is 0.161. The molecule has 0 aromatic carbocycles. The van der Waals surface area contributed by atoms with E-state index in [-0.39, 0.29) is 0 Å². The van der Waals surface area contributed by atoms with Gasteiger partial charge in [-0.3, -0.25) is 0 Å². The van der Waals surface area contributed by atoms with Crippen molar-refractivity contribution in [1.82, 2.24) is 5.43 Å². The number of alkyl halides is 3. The predicted octanol–water partition coefficient (Wildman–Crippen LogP) is 0.802. The Morgan fingerprint density at radius 2 is 2.10 bits per heavy atom. The van der Waals surface area contributed by atoms with Crippen LogP contribution in [0.4, 0.5) is 18.0 Å². The van der Waals surface area contributed by atoms with Crippen LogP contribution in [0.25, 0.3) is 0 Å². The van der Waals surface area contributed by atoms with Crippen molar-refractivity contribution in [1.29, 1.82) is 0 Å². The first-order chi connectivity index (χ1) is 4.42. The van der Waals surface area contributed by atoms with Crippen molar-refractivity contribution < 1.29 is 23.1 Å². The number of hydrogen-bond acceptors (Lipinski definition) is 2. The zero-order chi connectivity index (χ0) is 8.20. The van der Waals surface area contributed by atoms with E-state index < -0.39 is 18.5 Å². The monoisotopic (exact) mass is 156 g/mol. The fraction of sp³-hybridized carbons (Fsp3) is 0.333. The molecule has 2 N–H and O–H groups in total. The normalized spacial score (nSPS) is 11.9. The molecule has 0 aliphatic rings. The Balaban J connectivity index is 3.67. The number of nitrogens with zero attached hydrogens (tertiary/aromatic N) is 1. The van der Waals surface area contributed by atoms with Crippen LogP contribution in [0.15, 0.2) is 5.10 Å². The third-order valence-electron chi connectivity index (χ3n) is 0.371. The summed E-state index contributed by atoms with van der Waals surface area (Å²) in [7, 11) is 0. The Kier molecular flexibility index (Phi) is 2.65. The van der Waals surface area contributed by atoms with Gasteiger partial charge >= 0.3 is 12.3 Å². The van der Waals surface area contributed by atoms with Gasteiger partial charge in [-0.15, -0.1) is 0 Å². The van der Waals surface area contributed by atoms with Gasteiger partial charge in [0.25, 0.3) is 0 Å². The van der Waals surface area contributed by atoms with Gasteiger partial charge in [0.05, 0.1) is 0 Å². The first-order valence-corrected chi connectivity index (χ1v) is 2.02. The van der Waals surface area contributed by atoms with E-state index in [1.54, 1.807) is 0 Å². The number of nitrogens with one attached hydrogen (secondary N) is 1. The van der Waals surface area contributed by atoms with E-state index >= 15 is 0 Å². The maximum atomic E-state index is 11.1. The number of carboxylic acid groups (broad SMARTS) is 1. The number of rotatable bonds is 1. The van der Waals surface area contributed by atoms with Crippen molar-refractivity contribution in [3.05, 3.63) is 0 Å². The van der Waals surface area contributed by atoms with Crippen molar-refractivity contribution >= 4 is 12.3 Å². The zero-order valence-electron chi connectivity index (χ0n) is 4.51. The Morgan fingerprint density at radius 3 is 2.40 bits per heavy atom. The second-order valence-corrected chi connectivity index (χ2v) is 1.22. The predicted molar refractivity (Wildman–Crippen MR) is 25.7 cm³/mol. The molecule has 0 radical (unpaired) electrons. The van der Waals surface area contributed by atoms with Crippen molar-refractivity contribution in [2.45, 2.75) is 6.18 Å². The molecule has 0 aromatic heterocycles. The van der Waals surface area contributed by atoms with E-state index in [0.29, 0.717) is 0 Å². The molecule has 0 aliphatic heterocycles. The van der Waals surface area contributed by atoms with Crippen LogP contribution in [-0.4, -0.2) is 23.6 Å². The highest BCUT2D eigenvalue weighted by molar-refractivity contribution is 5.69. The van der Waals surface area contributed by atoms with E-state index in [1.165, 1.54) is 5.43 Å². The van der Waals surface area contributed by atoms with Crippen LogP contribution in [0.1, 0.15) is 0 Å². The second-order valence-electron chi connectivity index (χ2n) is 1.22. The quantitative estimate of drug-likeness (QED) is 0.435. The Bertz CT molecular complexity index is 152. The van der Waals surface area contributed by atoms with Gasteiger partial charge in [0.2, 0.25) is 0 Å². The highest BCUT2D eigenvalue weighted by atomic mass is 19.4. The van der Waals surface area contributed by atoms with E-state index in [0.717, 1.165) is 0 Å². The smallest absolute Gasteiger partial charge is 0.428 e. The molecule has 0 saturated heterocycles. The maximum Gasteiger partial charge on any atom is 0.428 e. The van der Waals surface area contributed by atoms with Crippen LogP contribution in [-0.2, 0) is 0 Å². The highest BCUT2D eigenvalue weighted by Gasteiger charge is 2.23. The van der Waals surface area contributed by atoms with E-state index in [9.17, 15) is 18.0 Å². The number of carbonyl (C=O) groups is 1. The van der Waals surface area contributed by atoms with Gasteiger partial charge in [0.15, 0.2) is 0 Å². The molecule has 0 aromatic rings. The average molecular weight is 156 g/mol. The third-order valence-corrected chi connectivity index (χ3v) is 0.371. The summed E-state index contributed by atoms with van der Waals surface area (Å²) in [6, 6.07) is 0. The van der Waals surface area contributed by atoms with Crippen molar-refractivity contribution in [2.75, 3.05) is 0 Å². The van der Waals surface area contributed by atoms with Gasteiger partial charge in [-0.1, -0.05) is 0 Å². The standard InChI is InChI=1S/C3H3F3N2O2/c4-3(5,6)1-7-8-2(9)10/h1,8H,(H,9,10). The van der Waals surface area contributed by atoms with E-state index in [1.807, 2.05) is 0 Å². The Labute approximate surface area is 53.3 Å². The number of amides is 1. The molecule has 0 bridgehead atoms. The molecule has 10 heavy (non-hydrogen) atoms. The lowest BCUT2D eigenvalue weighted by atomic mass is 10.7. The molecule has 0 unspecified atom stereocenters. The van der Waals surface area contributed by atoms with Crippen LogP contribution in [0.5, 0.6) is 0 Å². The van der Waals surface area contributed by atoms with Crippen LogP contribution in [0.3, 0.4) is 0 Å². The lowest BCUT2D eigenvalue weighted by molar-refractivity contribution is -0.0538. The van der Waals surface area contributed by atoms with Gasteiger partial charge in [-0.05, 0) is 0 Å². The summed E-state index contributed by atoms with van der Waals surface area (Å²) in [5.74, 6) is 0. The largest absolute Gasteiger partial charge is 0.464 e. The van der Waals surface area contributed by atoms with Crippen molar-refractivity contribution in [2.24, 2.45) is 5.10 Å². The summed E-state index contributed by atoms with van der Waals surface area (Å²) in [5.41, 5.74) is 1.17. The third kappa shape index (κ3) is 6.73. The van der Waals surface area contributed by atoms with Gasteiger partial charge in [-0.25, -0.2) is 10.2 Å². The number of hydrogen-bond donors (Lipinski definition) is 2. The molecule has 0 saturated carbocycles. The summed E-state index contributed by atoms with van der Waals surface area (Å²) in [4.78, 5) is 9.49. The van der Waals surface area contributed by atoms with Gasteiger partial charge < -0.3 is 5.11 Å². The van der Waals surface area contributed by atoms with Gasteiger partial charge in [0, 0.05) is 0 Å². The number of hydrazone groups is 1. The maximum absolute atomic E-state index is 11.1. The first kappa shape index (κ1) is 8.73. The molecule has 0 spiro atoms. The molecular formula is C3H3F3N2O2. The summed E-state index contributed by atoms with van der Waals surface area (Å²) < 4.78 is 33.4. The Morgan fingerprint density at radius 1 is 1.60 bits per heavy atom. The molecular weight excluding hydrogens is 153 g/mol. The highest BCUT2D eigenvalue weighted by Crippen LogP contribution is 2.09. The first-order valence-electron chi connectivity index (χ1n) is 2.02. The molecule has 0 rings (SSSR count). The molecule has 0 fully saturated rings. The summed E-state index contributed by atoms with van der Waals surface area (Å²) in [6.45, 7) is 0. The van der Waals surface area contributed by atoms with Gasteiger partial charge in [-0.2, -0.15) is 18.3 Å². The molecule has 4 nitrogen and oxygen atoms in total. The summed E-state index contributed by atoms with van der Waals surface area (Å²) in [5, 5.41) is 10.1. The molecule has 0 aliphatic carbocycles. The second kappa shape index (κ2) is 3.04. The minimum absolute atomic E-state index is 0.457. The fourth-order valence-corrected chi connectivity index (χ4v) is 0.161. The van der Waals surface area contributed by atoms with E-state index in [4.69, 9.17) is 5.11 Å². The van der Waals surface area contributed by atoms with Crippen LogP contribution in [0.2, 0.25) is 0 Å². The minimum Gasteiger partial charge on any atom is -0.464 e. The summed E-state index contributed by atoms with van der Waals surface area (Å²) in [6.07, 6.45) is -6.68. The molecule has 1 amide bonds. The van der Waals surface area contributed by atoms with E-state index in [2.05, 4.69) is 5.10 Å². The molecule has 0 atom stereocenters. The lowest BCUT2D eigenvalue weighted by Gasteiger charge is -1.95. The van der Waals surface area contributed by atoms with Crippen molar-refractivity contribution in [3.63, 3.8) is 0 Å². The van der Waals surface area contributed by atoms with Crippen LogP contribution in [0, 0.1) is 0 Å².